The van der Waals surface area contributed by atoms with Crippen molar-refractivity contribution in [3.63, 3.8) is 0 Å². The maximum Gasteiger partial charge on any atom is 0.335 e. The third-order valence-electron chi connectivity index (χ3n) is 3.66. The summed E-state index contributed by atoms with van der Waals surface area (Å²) < 4.78 is 5.85. The zero-order valence-electron chi connectivity index (χ0n) is 13.6. The number of hydrogen-bond donors (Lipinski definition) is 1. The van der Waals surface area contributed by atoms with Crippen molar-refractivity contribution in [2.75, 3.05) is 0 Å². The van der Waals surface area contributed by atoms with Crippen LogP contribution in [-0.4, -0.2) is 11.1 Å². The first-order valence-electron chi connectivity index (χ1n) is 7.97. The van der Waals surface area contributed by atoms with Gasteiger partial charge in [0.1, 0.15) is 11.5 Å². The van der Waals surface area contributed by atoms with Crippen LogP contribution in [0.2, 0.25) is 0 Å². The van der Waals surface area contributed by atoms with Gasteiger partial charge in [0.05, 0.1) is 5.56 Å². The van der Waals surface area contributed by atoms with Gasteiger partial charge < -0.3 is 9.84 Å². The van der Waals surface area contributed by atoms with Crippen LogP contribution < -0.4 is 4.74 Å². The summed E-state index contributed by atoms with van der Waals surface area (Å²) >= 11 is 1.61. The predicted octanol–water partition coefficient (Wildman–Crippen LogP) is 5.46. The minimum Gasteiger partial charge on any atom is -0.478 e. The molecule has 0 atom stereocenters. The number of carbonyl (C=O) groups is 1. The van der Waals surface area contributed by atoms with Gasteiger partial charge in [-0.3, -0.25) is 0 Å². The number of benzene rings is 2. The molecule has 0 radical (unpaired) electrons. The number of carboxylic acid groups (broad SMARTS) is 1. The Kier molecular flexibility index (Phi) is 5.75. The fourth-order valence-corrected chi connectivity index (χ4v) is 3.29. The Morgan fingerprint density at radius 1 is 1.08 bits per heavy atom. The van der Waals surface area contributed by atoms with Gasteiger partial charge in [-0.2, -0.15) is 0 Å². The summed E-state index contributed by atoms with van der Waals surface area (Å²) in [6.07, 6.45) is 10.9. The van der Waals surface area contributed by atoms with Crippen LogP contribution in [0.15, 0.2) is 89.6 Å². The Hall–Kier alpha value is -2.72. The number of carboxylic acids is 1. The lowest BCUT2D eigenvalue weighted by Gasteiger charge is -2.08. The third kappa shape index (κ3) is 4.88. The molecule has 25 heavy (non-hydrogen) atoms. The fraction of sp³-hybridized carbons (Fsp3) is 0.0952. The smallest absolute Gasteiger partial charge is 0.335 e. The van der Waals surface area contributed by atoms with Gasteiger partial charge in [0.25, 0.3) is 0 Å². The summed E-state index contributed by atoms with van der Waals surface area (Å²) in [5.41, 5.74) is 1.18. The Morgan fingerprint density at radius 3 is 2.68 bits per heavy atom. The van der Waals surface area contributed by atoms with E-state index in [-0.39, 0.29) is 0 Å². The summed E-state index contributed by atoms with van der Waals surface area (Å²) in [5, 5.41) is 9.23. The van der Waals surface area contributed by atoms with E-state index >= 15 is 0 Å². The highest BCUT2D eigenvalue weighted by Gasteiger charge is 2.09. The van der Waals surface area contributed by atoms with Crippen LogP contribution in [0.5, 0.6) is 5.75 Å². The molecule has 126 valence electrons. The minimum atomic E-state index is -0.890. The Morgan fingerprint density at radius 2 is 1.88 bits per heavy atom. The molecule has 2 aromatic rings. The second-order valence-electron chi connectivity index (χ2n) is 5.45. The number of ether oxygens (including phenoxy) is 1. The zero-order chi connectivity index (χ0) is 17.5. The first-order valence-corrected chi connectivity index (χ1v) is 8.96. The van der Waals surface area contributed by atoms with Crippen LogP contribution in [-0.2, 0) is 5.75 Å². The molecular weight excluding hydrogens is 332 g/mol. The van der Waals surface area contributed by atoms with Crippen molar-refractivity contribution < 1.29 is 14.6 Å². The average Bonchev–Trinajstić information content (AvgIpc) is 2.90. The lowest BCUT2D eigenvalue weighted by Crippen LogP contribution is -2.00. The van der Waals surface area contributed by atoms with Gasteiger partial charge in [0, 0.05) is 10.6 Å². The Labute approximate surface area is 151 Å². The number of allylic oxidation sites excluding steroid dienone is 5. The molecule has 0 bridgehead atoms. The van der Waals surface area contributed by atoms with E-state index in [2.05, 4.69) is 6.08 Å². The standard InChI is InChI=1S/C21H18O3S/c22-21(23)20-10-6-5-7-16(20)15-25-19-13-11-18(12-14-19)24-17-8-3-1-2-4-9-17/h1-3,5-14H,4,15H2,(H,22,23). The molecule has 3 nitrogen and oxygen atoms in total. The van der Waals surface area contributed by atoms with E-state index in [0.717, 1.165) is 28.4 Å². The van der Waals surface area contributed by atoms with Crippen LogP contribution in [0.4, 0.5) is 0 Å². The predicted molar refractivity (Wildman–Crippen MR) is 101 cm³/mol. The van der Waals surface area contributed by atoms with E-state index in [9.17, 15) is 9.90 Å². The molecule has 0 fully saturated rings. The molecule has 0 saturated heterocycles. The zero-order valence-corrected chi connectivity index (χ0v) is 14.4. The Bertz CT molecular complexity index is 832. The van der Waals surface area contributed by atoms with Crippen LogP contribution in [0.1, 0.15) is 22.3 Å². The summed E-state index contributed by atoms with van der Waals surface area (Å²) in [5.74, 6) is 1.34. The first-order chi connectivity index (χ1) is 12.2. The number of thioether (sulfide) groups is 1. The summed E-state index contributed by atoms with van der Waals surface area (Å²) in [6.45, 7) is 0. The number of hydrogen-bond acceptors (Lipinski definition) is 3. The van der Waals surface area contributed by atoms with Gasteiger partial charge in [-0.05, 0) is 54.5 Å². The van der Waals surface area contributed by atoms with Crippen LogP contribution in [0.25, 0.3) is 0 Å². The molecule has 4 heteroatoms. The highest BCUT2D eigenvalue weighted by Crippen LogP contribution is 2.27. The maximum absolute atomic E-state index is 11.3. The van der Waals surface area contributed by atoms with Crippen molar-refractivity contribution in [3.8, 4) is 5.75 Å². The fourth-order valence-electron chi connectivity index (χ4n) is 2.39. The summed E-state index contributed by atoms with van der Waals surface area (Å²) in [4.78, 5) is 12.3. The van der Waals surface area contributed by atoms with E-state index in [1.54, 1.807) is 23.9 Å². The summed E-state index contributed by atoms with van der Waals surface area (Å²) in [6, 6.07) is 14.9. The van der Waals surface area contributed by atoms with Gasteiger partial charge in [-0.1, -0.05) is 36.4 Å². The van der Waals surface area contributed by atoms with Crippen molar-refractivity contribution >= 4 is 17.7 Å². The van der Waals surface area contributed by atoms with Gasteiger partial charge in [0.15, 0.2) is 0 Å². The SMILES string of the molecule is O=C(O)c1ccccc1CSc1ccc(OC2=CCC=CC=C2)cc1. The van der Waals surface area contributed by atoms with Gasteiger partial charge in [0.2, 0.25) is 0 Å². The van der Waals surface area contributed by atoms with Gasteiger partial charge >= 0.3 is 5.97 Å². The average molecular weight is 350 g/mol. The topological polar surface area (TPSA) is 46.5 Å². The van der Waals surface area contributed by atoms with Crippen molar-refractivity contribution in [2.24, 2.45) is 0 Å². The number of aromatic carboxylic acids is 1. The van der Waals surface area contributed by atoms with E-state index in [1.807, 2.05) is 60.7 Å². The maximum atomic E-state index is 11.3. The van der Waals surface area contributed by atoms with Gasteiger partial charge in [-0.25, -0.2) is 4.79 Å². The molecule has 0 unspecified atom stereocenters. The Balaban J connectivity index is 1.62. The monoisotopic (exact) mass is 350 g/mol. The highest BCUT2D eigenvalue weighted by atomic mass is 32.2. The second kappa shape index (κ2) is 8.40. The van der Waals surface area contributed by atoms with Crippen molar-refractivity contribution in [2.45, 2.75) is 17.1 Å². The molecule has 1 N–H and O–H groups in total. The van der Waals surface area contributed by atoms with Crippen molar-refractivity contribution in [1.29, 1.82) is 0 Å². The number of rotatable bonds is 6. The molecular formula is C21H18O3S. The van der Waals surface area contributed by atoms with E-state index in [0.29, 0.717) is 11.3 Å². The normalized spacial score (nSPS) is 13.2. The lowest BCUT2D eigenvalue weighted by atomic mass is 10.1. The minimum absolute atomic E-state index is 0.357. The molecule has 0 amide bonds. The van der Waals surface area contributed by atoms with Crippen molar-refractivity contribution in [1.82, 2.24) is 0 Å². The highest BCUT2D eigenvalue weighted by molar-refractivity contribution is 7.98. The van der Waals surface area contributed by atoms with E-state index in [1.165, 1.54) is 0 Å². The second-order valence-corrected chi connectivity index (χ2v) is 6.50. The van der Waals surface area contributed by atoms with E-state index in [4.69, 9.17) is 4.74 Å². The quantitative estimate of drug-likeness (QED) is 0.703. The molecule has 1 aliphatic rings. The van der Waals surface area contributed by atoms with Crippen LogP contribution in [0.3, 0.4) is 0 Å². The van der Waals surface area contributed by atoms with Crippen LogP contribution >= 0.6 is 11.8 Å². The van der Waals surface area contributed by atoms with E-state index < -0.39 is 5.97 Å². The third-order valence-corrected chi connectivity index (χ3v) is 4.73. The molecule has 2 aromatic carbocycles. The first kappa shape index (κ1) is 17.1. The largest absolute Gasteiger partial charge is 0.478 e. The lowest BCUT2D eigenvalue weighted by molar-refractivity contribution is 0.0696. The molecule has 0 heterocycles. The summed E-state index contributed by atoms with van der Waals surface area (Å²) in [7, 11) is 0. The van der Waals surface area contributed by atoms with Crippen LogP contribution in [0, 0.1) is 0 Å². The van der Waals surface area contributed by atoms with Gasteiger partial charge in [-0.15, -0.1) is 11.8 Å². The van der Waals surface area contributed by atoms with Crippen molar-refractivity contribution in [3.05, 3.63) is 95.8 Å². The molecule has 0 aromatic heterocycles. The molecule has 1 aliphatic carbocycles. The molecule has 0 aliphatic heterocycles. The molecule has 0 spiro atoms. The molecule has 3 rings (SSSR count). The molecule has 0 saturated carbocycles.